The summed E-state index contributed by atoms with van der Waals surface area (Å²) in [5.74, 6) is -8.98. The minimum atomic E-state index is -5.08. The molecule has 0 saturated carbocycles. The van der Waals surface area contributed by atoms with Crippen molar-refractivity contribution in [2.75, 3.05) is 19.6 Å². The van der Waals surface area contributed by atoms with Crippen molar-refractivity contribution < 1.29 is 79.6 Å². The SMILES string of the molecule is Cc1ccc(S(=O)(=O)NC(N)=NCCC[C@H](NC(=O)[C@@H](N)CCCCNC(=O)OCc2ccccc2)C(=O)NCC(=O)N[C@@H](CC(=O)OCc2ccccc2)C(=O)N[C@H](Cc2ccccc2)C(=O)O)cc1.O=C(O)C(F)(F)F. The molecule has 4 aromatic carbocycles. The van der Waals surface area contributed by atoms with Gasteiger partial charge in [0.2, 0.25) is 29.6 Å². The van der Waals surface area contributed by atoms with Crippen molar-refractivity contribution in [3.05, 3.63) is 138 Å². The van der Waals surface area contributed by atoms with E-state index in [2.05, 4.69) is 36.3 Å². The van der Waals surface area contributed by atoms with Gasteiger partial charge in [-0.1, -0.05) is 109 Å². The van der Waals surface area contributed by atoms with E-state index in [-0.39, 0.29) is 56.9 Å². The molecule has 0 radical (unpaired) electrons. The zero-order valence-corrected chi connectivity index (χ0v) is 43.0. The summed E-state index contributed by atoms with van der Waals surface area (Å²) >= 11 is 0. The van der Waals surface area contributed by atoms with Crippen LogP contribution in [0.25, 0.3) is 0 Å². The Morgan fingerprint density at radius 2 is 1.19 bits per heavy atom. The zero-order chi connectivity index (χ0) is 57.7. The van der Waals surface area contributed by atoms with E-state index in [4.69, 9.17) is 30.8 Å². The molecule has 0 unspecified atom stereocenters. The standard InChI is InChI=1S/C49H61N9O12S.C2HF3O2/c1-33-22-24-37(25-23-33)71(67,68)58-48(51)52-27-13-21-39(56-44(61)38(50)20-11-12-26-53-49(66)70-32-36-18-9-4-10-19-36)45(62)54-30-42(59)55-40(29-43(60)69-31-35-16-7-3-8-17-35)46(63)57-41(47(64)65)28-34-14-5-2-6-15-34;3-2(4,5)1(6)7/h2-10,14-19,22-25,38-41H,11-13,20-21,26-32,50H2,1H3,(H,53,66)(H,54,62)(H,55,59)(H,56,61)(H,57,63)(H,64,65)(H3,51,52,58);(H,6,7)/t38-,39-,40-,41+;/m0./s1. The van der Waals surface area contributed by atoms with E-state index in [0.29, 0.717) is 24.0 Å². The molecule has 12 N–H and O–H groups in total. The van der Waals surface area contributed by atoms with Crippen molar-refractivity contribution in [3.63, 3.8) is 0 Å². The Morgan fingerprint density at radius 1 is 0.654 bits per heavy atom. The molecule has 78 heavy (non-hydrogen) atoms. The van der Waals surface area contributed by atoms with Gasteiger partial charge in [-0.2, -0.15) is 13.2 Å². The molecule has 4 aromatic rings. The summed E-state index contributed by atoms with van der Waals surface area (Å²) in [4.78, 5) is 104. The van der Waals surface area contributed by atoms with Gasteiger partial charge in [-0.05, 0) is 67.9 Å². The summed E-state index contributed by atoms with van der Waals surface area (Å²) < 4.78 is 70.0. The van der Waals surface area contributed by atoms with Gasteiger partial charge in [0.05, 0.1) is 23.9 Å². The third-order valence-electron chi connectivity index (χ3n) is 10.7. The normalized spacial score (nSPS) is 12.8. The van der Waals surface area contributed by atoms with Crippen LogP contribution in [0.1, 0.15) is 60.8 Å². The van der Waals surface area contributed by atoms with Gasteiger partial charge in [-0.15, -0.1) is 0 Å². The van der Waals surface area contributed by atoms with E-state index in [0.717, 1.165) is 11.1 Å². The molecule has 0 aliphatic rings. The molecule has 0 fully saturated rings. The fourth-order valence-corrected chi connectivity index (χ4v) is 7.56. The molecule has 0 aromatic heterocycles. The average molecular weight is 1110 g/mol. The van der Waals surface area contributed by atoms with Gasteiger partial charge in [0.15, 0.2) is 0 Å². The number of alkyl halides is 3. The Kier molecular flexibility index (Phi) is 26.8. The van der Waals surface area contributed by atoms with Crippen LogP contribution < -0.4 is 42.8 Å². The Morgan fingerprint density at radius 3 is 1.74 bits per heavy atom. The van der Waals surface area contributed by atoms with Gasteiger partial charge < -0.3 is 57.7 Å². The maximum Gasteiger partial charge on any atom is 0.490 e. The third-order valence-corrected chi connectivity index (χ3v) is 12.1. The number of carboxylic acid groups (broad SMARTS) is 2. The van der Waals surface area contributed by atoms with Crippen molar-refractivity contribution in [3.8, 4) is 0 Å². The number of aliphatic carboxylic acids is 2. The molecule has 23 nitrogen and oxygen atoms in total. The maximum atomic E-state index is 13.7. The number of aliphatic imine (C=N–C) groups is 1. The lowest BCUT2D eigenvalue weighted by Gasteiger charge is -2.22. The number of nitrogens with zero attached hydrogens (tertiary/aromatic N) is 1. The molecule has 27 heteroatoms. The quantitative estimate of drug-likeness (QED) is 0.0169. The van der Waals surface area contributed by atoms with Gasteiger partial charge in [-0.25, -0.2) is 27.5 Å². The fourth-order valence-electron chi connectivity index (χ4n) is 6.60. The molecule has 4 atom stereocenters. The number of carbonyl (C=O) groups excluding carboxylic acids is 6. The lowest BCUT2D eigenvalue weighted by Crippen LogP contribution is -2.55. The second kappa shape index (κ2) is 32.8. The molecule has 0 spiro atoms. The Hall–Kier alpha value is -8.59. The zero-order valence-electron chi connectivity index (χ0n) is 42.2. The number of hydrogen-bond acceptors (Lipinski definition) is 14. The van der Waals surface area contributed by atoms with Gasteiger partial charge in [0.1, 0.15) is 31.3 Å². The summed E-state index contributed by atoms with van der Waals surface area (Å²) in [6, 6.07) is 26.8. The number of ether oxygens (including phenoxy) is 2. The third kappa shape index (κ3) is 25.3. The number of rotatable bonds is 28. The number of amides is 5. The summed E-state index contributed by atoms with van der Waals surface area (Å²) in [5.41, 5.74) is 15.0. The number of alkyl carbamates (subject to hydrolysis) is 1. The average Bonchev–Trinajstić information content (AvgIpc) is 3.40. The molecular weight excluding hydrogens is 1050 g/mol. The lowest BCUT2D eigenvalue weighted by molar-refractivity contribution is -0.192. The lowest BCUT2D eigenvalue weighted by atomic mass is 10.1. The summed E-state index contributed by atoms with van der Waals surface area (Å²) in [6.45, 7) is 1.12. The number of nitrogens with two attached hydrogens (primary N) is 2. The molecular formula is C51H62F3N9O14S. The molecule has 422 valence electrons. The fraction of sp³-hybridized carbons (Fsp3) is 0.353. The predicted molar refractivity (Wildman–Crippen MR) is 275 cm³/mol. The van der Waals surface area contributed by atoms with Crippen LogP contribution in [0.5, 0.6) is 0 Å². The Bertz CT molecular complexity index is 2740. The van der Waals surface area contributed by atoms with Crippen molar-refractivity contribution in [2.24, 2.45) is 16.5 Å². The van der Waals surface area contributed by atoms with Crippen LogP contribution in [0.15, 0.2) is 125 Å². The second-order valence-corrected chi connectivity index (χ2v) is 18.7. The number of guanidine groups is 1. The predicted octanol–water partition coefficient (Wildman–Crippen LogP) is 2.46. The number of hydrogen-bond donors (Lipinski definition) is 10. The van der Waals surface area contributed by atoms with Crippen LogP contribution >= 0.6 is 0 Å². The highest BCUT2D eigenvalue weighted by Gasteiger charge is 2.38. The number of aryl methyl sites for hydroxylation is 1. The molecule has 0 bridgehead atoms. The van der Waals surface area contributed by atoms with E-state index in [1.165, 1.54) is 12.1 Å². The summed E-state index contributed by atoms with van der Waals surface area (Å²) in [5, 5.41) is 29.4. The smallest absolute Gasteiger partial charge is 0.480 e. The summed E-state index contributed by atoms with van der Waals surface area (Å²) in [7, 11) is -4.05. The number of esters is 1. The van der Waals surface area contributed by atoms with Gasteiger partial charge in [0, 0.05) is 19.5 Å². The first kappa shape index (κ1) is 63.7. The number of carbonyl (C=O) groups is 8. The molecule has 0 saturated heterocycles. The highest BCUT2D eigenvalue weighted by Crippen LogP contribution is 2.14. The van der Waals surface area contributed by atoms with Crippen molar-refractivity contribution in [1.29, 1.82) is 0 Å². The second-order valence-electron chi connectivity index (χ2n) is 17.1. The van der Waals surface area contributed by atoms with Crippen LogP contribution in [0.3, 0.4) is 0 Å². The van der Waals surface area contributed by atoms with Gasteiger partial charge in [0.25, 0.3) is 10.0 Å². The first-order valence-corrected chi connectivity index (χ1v) is 25.5. The molecule has 0 aliphatic carbocycles. The number of sulfonamides is 1. The molecule has 0 aliphatic heterocycles. The van der Waals surface area contributed by atoms with Crippen molar-refractivity contribution in [1.82, 2.24) is 31.3 Å². The monoisotopic (exact) mass is 1110 g/mol. The van der Waals surface area contributed by atoms with Gasteiger partial charge >= 0.3 is 30.2 Å². The van der Waals surface area contributed by atoms with Crippen LogP contribution in [-0.4, -0.2) is 122 Å². The van der Waals surface area contributed by atoms with E-state index in [9.17, 15) is 60.3 Å². The van der Waals surface area contributed by atoms with Crippen LogP contribution in [0.4, 0.5) is 18.0 Å². The Balaban J connectivity index is 0.00000213. The number of halogens is 3. The largest absolute Gasteiger partial charge is 0.490 e. The van der Waals surface area contributed by atoms with Gasteiger partial charge in [-0.3, -0.25) is 29.0 Å². The number of nitrogens with one attached hydrogen (secondary N) is 6. The topological polar surface area (TPSA) is 366 Å². The van der Waals surface area contributed by atoms with E-state index in [1.54, 1.807) is 79.7 Å². The van der Waals surface area contributed by atoms with E-state index >= 15 is 0 Å². The molecule has 0 heterocycles. The van der Waals surface area contributed by atoms with E-state index in [1.807, 2.05) is 30.3 Å². The number of benzene rings is 4. The number of unbranched alkanes of at least 4 members (excludes halogenated alkanes) is 1. The highest BCUT2D eigenvalue weighted by molar-refractivity contribution is 7.90. The first-order chi connectivity index (χ1) is 36.9. The first-order valence-electron chi connectivity index (χ1n) is 24.0. The van der Waals surface area contributed by atoms with Crippen molar-refractivity contribution in [2.45, 2.75) is 100 Å². The van der Waals surface area contributed by atoms with Crippen LogP contribution in [0.2, 0.25) is 0 Å². The maximum absolute atomic E-state index is 13.7. The van der Waals surface area contributed by atoms with E-state index < -0.39 is 107 Å². The van der Waals surface area contributed by atoms with Crippen molar-refractivity contribution >= 4 is 63.6 Å². The minimum absolute atomic E-state index is 0.0406. The molecule has 5 amide bonds. The highest BCUT2D eigenvalue weighted by atomic mass is 32.2. The molecule has 4 rings (SSSR count). The number of carboxylic acids is 2. The van der Waals surface area contributed by atoms with Crippen LogP contribution in [-0.2, 0) is 72.7 Å². The summed E-state index contributed by atoms with van der Waals surface area (Å²) in [6.07, 6.45) is -5.52. The van der Waals surface area contributed by atoms with Crippen LogP contribution in [0, 0.1) is 6.92 Å². The Labute approximate surface area is 447 Å². The minimum Gasteiger partial charge on any atom is -0.480 e.